The van der Waals surface area contributed by atoms with Gasteiger partial charge in [-0.05, 0) is 18.9 Å². The Morgan fingerprint density at radius 2 is 2.28 bits per heavy atom. The summed E-state index contributed by atoms with van der Waals surface area (Å²) in [5, 5.41) is 8.39. The smallest absolute Gasteiger partial charge is 0.406 e. The molecular weight excluding hydrogens is 249 g/mol. The summed E-state index contributed by atoms with van der Waals surface area (Å²) >= 11 is 0. The number of halogens is 3. The zero-order chi connectivity index (χ0) is 13.6. The van der Waals surface area contributed by atoms with Gasteiger partial charge in [0.25, 0.3) is 5.91 Å². The second kappa shape index (κ2) is 6.28. The molecule has 0 aliphatic carbocycles. The first-order chi connectivity index (χ1) is 8.44. The molecule has 0 N–H and O–H groups in total. The predicted molar refractivity (Wildman–Crippen MR) is 56.1 cm³/mol. The minimum absolute atomic E-state index is 0.0524. The summed E-state index contributed by atoms with van der Waals surface area (Å²) in [6.07, 6.45) is -1.79. The van der Waals surface area contributed by atoms with E-state index >= 15 is 0 Å². The van der Waals surface area contributed by atoms with Crippen molar-refractivity contribution in [2.75, 3.05) is 19.7 Å². The number of nitrogens with zero attached hydrogens (tertiary/aromatic N) is 2. The van der Waals surface area contributed by atoms with Crippen molar-refractivity contribution in [2.45, 2.75) is 25.4 Å². The number of carbonyl (C=O) groups is 1. The minimum atomic E-state index is -4.49. The third kappa shape index (κ3) is 4.65. The molecule has 0 aromatic carbocycles. The number of alkyl halides is 3. The Balaban J connectivity index is 2.72. The van der Waals surface area contributed by atoms with Gasteiger partial charge in [0.05, 0.1) is 19.1 Å². The number of nitriles is 1. The minimum Gasteiger partial charge on any atom is -0.488 e. The SMILES string of the molecule is N#CCCN(CC(F)(F)F)C(=O)C1=CCCCO1. The van der Waals surface area contributed by atoms with Gasteiger partial charge in [-0.25, -0.2) is 0 Å². The standard InChI is InChI=1S/C11H13F3N2O2/c12-11(13,14)8-16(6-3-5-15)10(17)9-4-1-2-7-18-9/h4H,1-3,6-8H2. The maximum atomic E-state index is 12.3. The van der Waals surface area contributed by atoms with Crippen LogP contribution in [0.25, 0.3) is 0 Å². The highest BCUT2D eigenvalue weighted by molar-refractivity contribution is 5.91. The van der Waals surface area contributed by atoms with Gasteiger partial charge in [0.2, 0.25) is 0 Å². The molecule has 0 saturated carbocycles. The van der Waals surface area contributed by atoms with E-state index in [4.69, 9.17) is 10.00 Å². The van der Waals surface area contributed by atoms with E-state index in [0.717, 1.165) is 6.42 Å². The van der Waals surface area contributed by atoms with E-state index in [2.05, 4.69) is 0 Å². The van der Waals surface area contributed by atoms with E-state index in [1.165, 1.54) is 6.08 Å². The molecule has 18 heavy (non-hydrogen) atoms. The summed E-state index contributed by atoms with van der Waals surface area (Å²) in [6.45, 7) is -1.29. The molecule has 7 heteroatoms. The van der Waals surface area contributed by atoms with Crippen molar-refractivity contribution in [3.63, 3.8) is 0 Å². The number of allylic oxidation sites excluding steroid dienone is 1. The predicted octanol–water partition coefficient (Wildman–Crippen LogP) is 1.99. The molecule has 1 aliphatic heterocycles. The van der Waals surface area contributed by atoms with Gasteiger partial charge in [0.15, 0.2) is 5.76 Å². The van der Waals surface area contributed by atoms with Crippen LogP contribution in [0.5, 0.6) is 0 Å². The molecule has 100 valence electrons. The topological polar surface area (TPSA) is 53.3 Å². The van der Waals surface area contributed by atoms with E-state index in [-0.39, 0.29) is 18.7 Å². The molecule has 0 aromatic heterocycles. The van der Waals surface area contributed by atoms with Gasteiger partial charge < -0.3 is 9.64 Å². The fraction of sp³-hybridized carbons (Fsp3) is 0.636. The van der Waals surface area contributed by atoms with Crippen LogP contribution in [0.2, 0.25) is 0 Å². The quantitative estimate of drug-likeness (QED) is 0.778. The molecular formula is C11H13F3N2O2. The molecule has 0 fully saturated rings. The molecule has 0 aromatic rings. The maximum absolute atomic E-state index is 12.3. The number of carbonyl (C=O) groups excluding carboxylic acids is 1. The molecule has 1 rings (SSSR count). The van der Waals surface area contributed by atoms with Crippen LogP contribution in [0, 0.1) is 11.3 Å². The van der Waals surface area contributed by atoms with Crippen molar-refractivity contribution in [2.24, 2.45) is 0 Å². The average Bonchev–Trinajstić information content (AvgIpc) is 2.33. The molecule has 1 heterocycles. The summed E-state index contributed by atoms with van der Waals surface area (Å²) < 4.78 is 42.0. The first-order valence-electron chi connectivity index (χ1n) is 5.50. The van der Waals surface area contributed by atoms with E-state index in [1.54, 1.807) is 6.07 Å². The third-order valence-electron chi connectivity index (χ3n) is 2.30. The maximum Gasteiger partial charge on any atom is 0.406 e. The van der Waals surface area contributed by atoms with E-state index in [1.807, 2.05) is 0 Å². The molecule has 0 radical (unpaired) electrons. The molecule has 1 aliphatic rings. The summed E-state index contributed by atoms with van der Waals surface area (Å²) in [6, 6.07) is 1.72. The van der Waals surface area contributed by atoms with Crippen molar-refractivity contribution in [3.8, 4) is 6.07 Å². The lowest BCUT2D eigenvalue weighted by Crippen LogP contribution is -2.41. The molecule has 0 unspecified atom stereocenters. The lowest BCUT2D eigenvalue weighted by molar-refractivity contribution is -0.160. The van der Waals surface area contributed by atoms with Gasteiger partial charge in [0, 0.05) is 6.54 Å². The van der Waals surface area contributed by atoms with Crippen molar-refractivity contribution < 1.29 is 22.7 Å². The van der Waals surface area contributed by atoms with E-state index in [0.29, 0.717) is 17.9 Å². The van der Waals surface area contributed by atoms with Gasteiger partial charge >= 0.3 is 6.18 Å². The highest BCUT2D eigenvalue weighted by Gasteiger charge is 2.34. The Bertz CT molecular complexity index is 371. The fourth-order valence-electron chi connectivity index (χ4n) is 1.52. The lowest BCUT2D eigenvalue weighted by atomic mass is 10.2. The first kappa shape index (κ1) is 14.4. The Morgan fingerprint density at radius 1 is 1.56 bits per heavy atom. The molecule has 0 atom stereocenters. The lowest BCUT2D eigenvalue weighted by Gasteiger charge is -2.25. The second-order valence-corrected chi connectivity index (χ2v) is 3.81. The summed E-state index contributed by atoms with van der Waals surface area (Å²) in [5.74, 6) is -0.856. The highest BCUT2D eigenvalue weighted by atomic mass is 19.4. The number of hydrogen-bond donors (Lipinski definition) is 0. The van der Waals surface area contributed by atoms with Crippen LogP contribution >= 0.6 is 0 Å². The van der Waals surface area contributed by atoms with E-state index in [9.17, 15) is 18.0 Å². The van der Waals surface area contributed by atoms with Gasteiger partial charge in [-0.2, -0.15) is 18.4 Å². The van der Waals surface area contributed by atoms with Crippen molar-refractivity contribution in [1.82, 2.24) is 4.90 Å². The zero-order valence-corrected chi connectivity index (χ0v) is 9.66. The summed E-state index contributed by atoms with van der Waals surface area (Å²) in [5.41, 5.74) is 0. The average molecular weight is 262 g/mol. The van der Waals surface area contributed by atoms with Crippen molar-refractivity contribution in [3.05, 3.63) is 11.8 Å². The van der Waals surface area contributed by atoms with Crippen LogP contribution in [-0.4, -0.2) is 36.7 Å². The third-order valence-corrected chi connectivity index (χ3v) is 2.30. The van der Waals surface area contributed by atoms with Crippen LogP contribution in [0.3, 0.4) is 0 Å². The van der Waals surface area contributed by atoms with Crippen LogP contribution in [0.4, 0.5) is 13.2 Å². The largest absolute Gasteiger partial charge is 0.488 e. The zero-order valence-electron chi connectivity index (χ0n) is 9.66. The normalized spacial score (nSPS) is 15.3. The van der Waals surface area contributed by atoms with Crippen LogP contribution in [0.1, 0.15) is 19.3 Å². The van der Waals surface area contributed by atoms with Gasteiger partial charge in [0.1, 0.15) is 6.54 Å². The van der Waals surface area contributed by atoms with Gasteiger partial charge in [-0.3, -0.25) is 4.79 Å². The van der Waals surface area contributed by atoms with Gasteiger partial charge in [-0.1, -0.05) is 0 Å². The Kier molecular flexibility index (Phi) is 5.01. The molecule has 4 nitrogen and oxygen atoms in total. The number of hydrogen-bond acceptors (Lipinski definition) is 3. The Labute approximate surface area is 103 Å². The number of amides is 1. The molecule has 0 spiro atoms. The molecule has 0 bridgehead atoms. The molecule has 1 amide bonds. The van der Waals surface area contributed by atoms with Crippen LogP contribution in [0.15, 0.2) is 11.8 Å². The molecule has 0 saturated heterocycles. The summed E-state index contributed by atoms with van der Waals surface area (Å²) in [4.78, 5) is 12.4. The monoisotopic (exact) mass is 262 g/mol. The first-order valence-corrected chi connectivity index (χ1v) is 5.50. The number of ether oxygens (including phenoxy) is 1. The second-order valence-electron chi connectivity index (χ2n) is 3.81. The van der Waals surface area contributed by atoms with Crippen molar-refractivity contribution >= 4 is 5.91 Å². The fourth-order valence-corrected chi connectivity index (χ4v) is 1.52. The van der Waals surface area contributed by atoms with Crippen LogP contribution in [-0.2, 0) is 9.53 Å². The highest BCUT2D eigenvalue weighted by Crippen LogP contribution is 2.19. The Hall–Kier alpha value is -1.71. The van der Waals surface area contributed by atoms with Gasteiger partial charge in [-0.15, -0.1) is 0 Å². The van der Waals surface area contributed by atoms with E-state index < -0.39 is 18.6 Å². The van der Waals surface area contributed by atoms with Crippen molar-refractivity contribution in [1.29, 1.82) is 5.26 Å². The number of rotatable bonds is 4. The Morgan fingerprint density at radius 3 is 2.78 bits per heavy atom. The summed E-state index contributed by atoms with van der Waals surface area (Å²) in [7, 11) is 0. The van der Waals surface area contributed by atoms with Crippen LogP contribution < -0.4 is 0 Å².